The summed E-state index contributed by atoms with van der Waals surface area (Å²) in [6.45, 7) is 5.84. The van der Waals surface area contributed by atoms with E-state index >= 15 is 0 Å². The van der Waals surface area contributed by atoms with Gasteiger partial charge in [0.1, 0.15) is 5.75 Å². The van der Waals surface area contributed by atoms with Crippen molar-refractivity contribution in [1.29, 1.82) is 0 Å². The zero-order valence-electron chi connectivity index (χ0n) is 12.2. The zero-order valence-corrected chi connectivity index (χ0v) is 12.2. The van der Waals surface area contributed by atoms with Gasteiger partial charge in [-0.25, -0.2) is 0 Å². The Morgan fingerprint density at radius 1 is 1.37 bits per heavy atom. The molecule has 0 radical (unpaired) electrons. The van der Waals surface area contributed by atoms with E-state index in [2.05, 4.69) is 24.5 Å². The van der Waals surface area contributed by atoms with Crippen molar-refractivity contribution >= 4 is 17.3 Å². The quantitative estimate of drug-likeness (QED) is 0.790. The molecule has 0 aliphatic heterocycles. The summed E-state index contributed by atoms with van der Waals surface area (Å²) in [6, 6.07) is 6.04. The van der Waals surface area contributed by atoms with Crippen molar-refractivity contribution in [1.82, 2.24) is 0 Å². The van der Waals surface area contributed by atoms with E-state index in [0.717, 1.165) is 36.4 Å². The molecule has 1 aromatic rings. The predicted molar refractivity (Wildman–Crippen MR) is 79.9 cm³/mol. The number of amides is 1. The van der Waals surface area contributed by atoms with Crippen LogP contribution < -0.4 is 15.4 Å². The summed E-state index contributed by atoms with van der Waals surface area (Å²) >= 11 is 0. The van der Waals surface area contributed by atoms with E-state index in [0.29, 0.717) is 6.04 Å². The number of hydrogen-bond donors (Lipinski definition) is 2. The molecule has 0 bridgehead atoms. The standard InChI is InChI=1S/C15H24N2O2/c1-5-7-12(6-2)17-14-10-13(16-11(3)18)8-9-15(14)19-4/h8-10,12,17H,5-7H2,1-4H3,(H,16,18). The maximum Gasteiger partial charge on any atom is 0.221 e. The molecule has 0 spiro atoms. The first kappa shape index (κ1) is 15.3. The van der Waals surface area contributed by atoms with E-state index in [1.54, 1.807) is 7.11 Å². The van der Waals surface area contributed by atoms with Crippen LogP contribution in [0.4, 0.5) is 11.4 Å². The Morgan fingerprint density at radius 3 is 2.63 bits per heavy atom. The summed E-state index contributed by atoms with van der Waals surface area (Å²) in [4.78, 5) is 11.1. The van der Waals surface area contributed by atoms with Crippen molar-refractivity contribution in [3.05, 3.63) is 18.2 Å². The number of carbonyl (C=O) groups is 1. The van der Waals surface area contributed by atoms with Gasteiger partial charge in [-0.2, -0.15) is 0 Å². The number of anilines is 2. The third kappa shape index (κ3) is 4.81. The maximum atomic E-state index is 11.1. The van der Waals surface area contributed by atoms with Crippen LogP contribution >= 0.6 is 0 Å². The lowest BCUT2D eigenvalue weighted by atomic mass is 10.1. The Kier molecular flexibility index (Phi) is 6.19. The molecule has 1 aromatic carbocycles. The Hall–Kier alpha value is -1.71. The lowest BCUT2D eigenvalue weighted by Crippen LogP contribution is -2.18. The van der Waals surface area contributed by atoms with Crippen LogP contribution in [0.5, 0.6) is 5.75 Å². The maximum absolute atomic E-state index is 11.1. The minimum absolute atomic E-state index is 0.0725. The van der Waals surface area contributed by atoms with Gasteiger partial charge in [0.25, 0.3) is 0 Å². The normalized spacial score (nSPS) is 11.8. The number of nitrogens with one attached hydrogen (secondary N) is 2. The van der Waals surface area contributed by atoms with Gasteiger partial charge in [0.2, 0.25) is 5.91 Å². The molecule has 2 N–H and O–H groups in total. The van der Waals surface area contributed by atoms with Crippen molar-refractivity contribution in [3.63, 3.8) is 0 Å². The van der Waals surface area contributed by atoms with E-state index < -0.39 is 0 Å². The first-order valence-corrected chi connectivity index (χ1v) is 6.82. The molecule has 0 fully saturated rings. The van der Waals surface area contributed by atoms with Gasteiger partial charge in [-0.3, -0.25) is 4.79 Å². The van der Waals surface area contributed by atoms with Crippen LogP contribution in [0.3, 0.4) is 0 Å². The smallest absolute Gasteiger partial charge is 0.221 e. The van der Waals surface area contributed by atoms with Crippen molar-refractivity contribution in [3.8, 4) is 5.75 Å². The van der Waals surface area contributed by atoms with Crippen LogP contribution in [0, 0.1) is 0 Å². The molecule has 0 heterocycles. The fourth-order valence-corrected chi connectivity index (χ4v) is 2.05. The fraction of sp³-hybridized carbons (Fsp3) is 0.533. The van der Waals surface area contributed by atoms with Crippen molar-refractivity contribution in [2.75, 3.05) is 17.7 Å². The summed E-state index contributed by atoms with van der Waals surface area (Å²) < 4.78 is 5.35. The summed E-state index contributed by atoms with van der Waals surface area (Å²) in [5, 5.41) is 6.27. The molecule has 1 unspecified atom stereocenters. The minimum atomic E-state index is -0.0725. The van der Waals surface area contributed by atoms with E-state index in [4.69, 9.17) is 4.74 Å². The Labute approximate surface area is 115 Å². The SMILES string of the molecule is CCCC(CC)Nc1cc(NC(C)=O)ccc1OC. The lowest BCUT2D eigenvalue weighted by Gasteiger charge is -2.20. The highest BCUT2D eigenvalue weighted by atomic mass is 16.5. The second-order valence-electron chi connectivity index (χ2n) is 4.63. The van der Waals surface area contributed by atoms with E-state index in [1.165, 1.54) is 6.92 Å². The van der Waals surface area contributed by atoms with Crippen molar-refractivity contribution < 1.29 is 9.53 Å². The largest absolute Gasteiger partial charge is 0.495 e. The van der Waals surface area contributed by atoms with E-state index in [-0.39, 0.29) is 5.91 Å². The summed E-state index contributed by atoms with van der Waals surface area (Å²) in [6.07, 6.45) is 3.31. The van der Waals surface area contributed by atoms with Gasteiger partial charge in [-0.05, 0) is 31.0 Å². The number of rotatable bonds is 7. The molecule has 4 nitrogen and oxygen atoms in total. The van der Waals surface area contributed by atoms with Crippen LogP contribution in [0.1, 0.15) is 40.0 Å². The van der Waals surface area contributed by atoms with Crippen LogP contribution in [-0.4, -0.2) is 19.1 Å². The molecule has 0 aliphatic rings. The van der Waals surface area contributed by atoms with Crippen molar-refractivity contribution in [2.24, 2.45) is 0 Å². The third-order valence-electron chi connectivity index (χ3n) is 3.01. The molecule has 0 aliphatic carbocycles. The van der Waals surface area contributed by atoms with Crippen LogP contribution in [0.15, 0.2) is 18.2 Å². The van der Waals surface area contributed by atoms with Crippen LogP contribution in [0.2, 0.25) is 0 Å². The van der Waals surface area contributed by atoms with Gasteiger partial charge in [0, 0.05) is 18.7 Å². The molecule has 0 saturated heterocycles. The molecule has 4 heteroatoms. The average Bonchev–Trinajstić information content (AvgIpc) is 2.38. The molecular weight excluding hydrogens is 240 g/mol. The number of benzene rings is 1. The number of carbonyl (C=O) groups excluding carboxylic acids is 1. The van der Waals surface area contributed by atoms with E-state index in [9.17, 15) is 4.79 Å². The topological polar surface area (TPSA) is 50.4 Å². The summed E-state index contributed by atoms with van der Waals surface area (Å²) in [5.41, 5.74) is 1.70. The predicted octanol–water partition coefficient (Wildman–Crippen LogP) is 3.64. The van der Waals surface area contributed by atoms with E-state index in [1.807, 2.05) is 18.2 Å². The lowest BCUT2D eigenvalue weighted by molar-refractivity contribution is -0.114. The first-order chi connectivity index (χ1) is 9.10. The molecule has 0 aromatic heterocycles. The monoisotopic (exact) mass is 264 g/mol. The molecule has 1 atom stereocenters. The van der Waals surface area contributed by atoms with Gasteiger partial charge in [0.05, 0.1) is 12.8 Å². The highest BCUT2D eigenvalue weighted by Gasteiger charge is 2.10. The summed E-state index contributed by atoms with van der Waals surface area (Å²) in [5.74, 6) is 0.723. The average molecular weight is 264 g/mol. The summed E-state index contributed by atoms with van der Waals surface area (Å²) in [7, 11) is 1.65. The zero-order chi connectivity index (χ0) is 14.3. The first-order valence-electron chi connectivity index (χ1n) is 6.82. The van der Waals surface area contributed by atoms with Gasteiger partial charge in [-0.1, -0.05) is 20.3 Å². The molecular formula is C15H24N2O2. The number of methoxy groups -OCH3 is 1. The number of ether oxygens (including phenoxy) is 1. The van der Waals surface area contributed by atoms with Gasteiger partial charge in [0.15, 0.2) is 0 Å². The second kappa shape index (κ2) is 7.67. The minimum Gasteiger partial charge on any atom is -0.495 e. The van der Waals surface area contributed by atoms with Gasteiger partial charge >= 0.3 is 0 Å². The Bertz CT molecular complexity index is 419. The highest BCUT2D eigenvalue weighted by molar-refractivity contribution is 5.89. The third-order valence-corrected chi connectivity index (χ3v) is 3.01. The van der Waals surface area contributed by atoms with Gasteiger partial charge in [-0.15, -0.1) is 0 Å². The van der Waals surface area contributed by atoms with Gasteiger partial charge < -0.3 is 15.4 Å². The molecule has 106 valence electrons. The van der Waals surface area contributed by atoms with Crippen LogP contribution in [0.25, 0.3) is 0 Å². The Morgan fingerprint density at radius 2 is 2.11 bits per heavy atom. The molecule has 1 rings (SSSR count). The van der Waals surface area contributed by atoms with Crippen molar-refractivity contribution in [2.45, 2.75) is 46.1 Å². The molecule has 1 amide bonds. The van der Waals surface area contributed by atoms with Crippen LogP contribution in [-0.2, 0) is 4.79 Å². The molecule has 19 heavy (non-hydrogen) atoms. The Balaban J connectivity index is 2.91. The second-order valence-corrected chi connectivity index (χ2v) is 4.63. The fourth-order valence-electron chi connectivity index (χ4n) is 2.05. The highest BCUT2D eigenvalue weighted by Crippen LogP contribution is 2.29. The number of hydrogen-bond acceptors (Lipinski definition) is 3. The molecule has 0 saturated carbocycles.